The molecule has 0 aromatic heterocycles. The third kappa shape index (κ3) is 4.56. The van der Waals surface area contributed by atoms with E-state index in [2.05, 4.69) is 0 Å². The van der Waals surface area contributed by atoms with Gasteiger partial charge < -0.3 is 14.6 Å². The van der Waals surface area contributed by atoms with Gasteiger partial charge in [-0.3, -0.25) is 9.59 Å². The van der Waals surface area contributed by atoms with Crippen LogP contribution in [0.5, 0.6) is 0 Å². The lowest BCUT2D eigenvalue weighted by Gasteiger charge is -2.26. The van der Waals surface area contributed by atoms with Crippen molar-refractivity contribution >= 4 is 11.9 Å². The van der Waals surface area contributed by atoms with Gasteiger partial charge in [0.15, 0.2) is 5.41 Å². The smallest absolute Gasteiger partial charge is 0.325 e. The Bertz CT molecular complexity index is 457. The average molecular weight is 294 g/mol. The summed E-state index contributed by atoms with van der Waals surface area (Å²) in [6, 6.07) is 9.40. The number of carbonyl (C=O) groups is 2. The van der Waals surface area contributed by atoms with Crippen molar-refractivity contribution < 1.29 is 24.2 Å². The summed E-state index contributed by atoms with van der Waals surface area (Å²) in [7, 11) is 0. The predicted molar refractivity (Wildman–Crippen MR) is 77.7 cm³/mol. The van der Waals surface area contributed by atoms with Gasteiger partial charge in [0.05, 0.1) is 19.8 Å². The maximum absolute atomic E-state index is 12.1. The molecule has 1 aromatic rings. The first-order valence-corrected chi connectivity index (χ1v) is 7.09. The molecule has 0 fully saturated rings. The number of rotatable bonds is 9. The van der Waals surface area contributed by atoms with Crippen LogP contribution < -0.4 is 0 Å². The molecule has 0 aliphatic carbocycles. The summed E-state index contributed by atoms with van der Waals surface area (Å²) in [5.41, 5.74) is -0.698. The maximum Gasteiger partial charge on any atom is 0.325 e. The number of ether oxygens (including phenoxy) is 2. The second kappa shape index (κ2) is 8.42. The van der Waals surface area contributed by atoms with Gasteiger partial charge >= 0.3 is 11.9 Å². The highest BCUT2D eigenvalue weighted by molar-refractivity contribution is 5.99. The fourth-order valence-electron chi connectivity index (χ4n) is 2.10. The number of carboxylic acid groups (broad SMARTS) is 1. The molecule has 0 radical (unpaired) electrons. The number of carboxylic acids is 1. The van der Waals surface area contributed by atoms with Crippen LogP contribution in [-0.4, -0.2) is 30.3 Å². The van der Waals surface area contributed by atoms with Gasteiger partial charge in [0, 0.05) is 0 Å². The van der Waals surface area contributed by atoms with Crippen molar-refractivity contribution in [3.8, 4) is 0 Å². The molecule has 1 N–H and O–H groups in total. The first-order valence-electron chi connectivity index (χ1n) is 7.09. The van der Waals surface area contributed by atoms with E-state index in [9.17, 15) is 14.7 Å². The van der Waals surface area contributed by atoms with Crippen LogP contribution in [0.1, 0.15) is 32.3 Å². The van der Waals surface area contributed by atoms with Crippen LogP contribution in [0.2, 0.25) is 0 Å². The zero-order valence-corrected chi connectivity index (χ0v) is 12.5. The molecule has 21 heavy (non-hydrogen) atoms. The molecular formula is C16H22O5. The molecule has 1 unspecified atom stereocenters. The molecule has 1 rings (SSSR count). The number of hydrogen-bond acceptors (Lipinski definition) is 4. The van der Waals surface area contributed by atoms with E-state index in [-0.39, 0.29) is 26.2 Å². The summed E-state index contributed by atoms with van der Waals surface area (Å²) < 4.78 is 10.4. The van der Waals surface area contributed by atoms with Crippen LogP contribution in [0, 0.1) is 5.41 Å². The minimum atomic E-state index is -1.63. The highest BCUT2D eigenvalue weighted by Gasteiger charge is 2.47. The van der Waals surface area contributed by atoms with Gasteiger partial charge in [0.25, 0.3) is 0 Å². The lowest BCUT2D eigenvalue weighted by atomic mass is 9.84. The van der Waals surface area contributed by atoms with E-state index in [1.165, 1.54) is 0 Å². The van der Waals surface area contributed by atoms with Gasteiger partial charge in [-0.2, -0.15) is 0 Å². The van der Waals surface area contributed by atoms with Gasteiger partial charge in [0.2, 0.25) is 0 Å². The molecule has 0 bridgehead atoms. The van der Waals surface area contributed by atoms with E-state index in [4.69, 9.17) is 9.47 Å². The van der Waals surface area contributed by atoms with Gasteiger partial charge in [-0.25, -0.2) is 0 Å². The van der Waals surface area contributed by atoms with Crippen molar-refractivity contribution in [1.29, 1.82) is 0 Å². The van der Waals surface area contributed by atoms with E-state index in [0.717, 1.165) is 5.56 Å². The van der Waals surface area contributed by atoms with Gasteiger partial charge in [-0.15, -0.1) is 0 Å². The van der Waals surface area contributed by atoms with Crippen molar-refractivity contribution in [3.05, 3.63) is 35.9 Å². The second-order valence-electron chi connectivity index (χ2n) is 4.84. The number of esters is 1. The molecule has 0 amide bonds. The Morgan fingerprint density at radius 2 is 1.86 bits per heavy atom. The Balaban J connectivity index is 2.76. The highest BCUT2D eigenvalue weighted by atomic mass is 16.5. The van der Waals surface area contributed by atoms with E-state index in [1.807, 2.05) is 37.3 Å². The normalized spacial score (nSPS) is 13.4. The Labute approximate surface area is 124 Å². The van der Waals surface area contributed by atoms with Crippen molar-refractivity contribution in [3.63, 3.8) is 0 Å². The molecule has 5 nitrogen and oxygen atoms in total. The summed E-state index contributed by atoms with van der Waals surface area (Å²) in [4.78, 5) is 23.6. The average Bonchev–Trinajstić information content (AvgIpc) is 2.47. The van der Waals surface area contributed by atoms with Crippen molar-refractivity contribution in [2.75, 3.05) is 13.2 Å². The van der Waals surface area contributed by atoms with Crippen molar-refractivity contribution in [1.82, 2.24) is 0 Å². The fourth-order valence-corrected chi connectivity index (χ4v) is 2.10. The molecule has 116 valence electrons. The van der Waals surface area contributed by atoms with Gasteiger partial charge in [0.1, 0.15) is 0 Å². The Morgan fingerprint density at radius 3 is 2.38 bits per heavy atom. The first kappa shape index (κ1) is 17.2. The van der Waals surface area contributed by atoms with Crippen LogP contribution in [0.4, 0.5) is 0 Å². The van der Waals surface area contributed by atoms with E-state index < -0.39 is 17.4 Å². The molecule has 1 atom stereocenters. The molecular weight excluding hydrogens is 272 g/mol. The predicted octanol–water partition coefficient (Wildman–Crippen LogP) is 2.64. The number of aliphatic carboxylic acids is 1. The largest absolute Gasteiger partial charge is 0.480 e. The van der Waals surface area contributed by atoms with Gasteiger partial charge in [-0.05, 0) is 18.9 Å². The minimum Gasteiger partial charge on any atom is -0.480 e. The van der Waals surface area contributed by atoms with Crippen LogP contribution in [0.15, 0.2) is 30.3 Å². The Kier molecular flexibility index (Phi) is 6.88. The second-order valence-corrected chi connectivity index (χ2v) is 4.84. The van der Waals surface area contributed by atoms with E-state index in [0.29, 0.717) is 6.42 Å². The number of benzene rings is 1. The Morgan fingerprint density at radius 1 is 1.19 bits per heavy atom. The van der Waals surface area contributed by atoms with Crippen molar-refractivity contribution in [2.45, 2.75) is 33.3 Å². The highest BCUT2D eigenvalue weighted by Crippen LogP contribution is 2.27. The Hall–Kier alpha value is -1.88. The lowest BCUT2D eigenvalue weighted by molar-refractivity contribution is -0.174. The topological polar surface area (TPSA) is 72.8 Å². The SMILES string of the molecule is CCCC(COCc1ccccc1)(C(=O)O)C(=O)OCC. The molecule has 0 heterocycles. The monoisotopic (exact) mass is 294 g/mol. The zero-order valence-electron chi connectivity index (χ0n) is 12.5. The van der Waals surface area contributed by atoms with Crippen LogP contribution >= 0.6 is 0 Å². The minimum absolute atomic E-state index is 0.149. The third-order valence-electron chi connectivity index (χ3n) is 3.21. The van der Waals surface area contributed by atoms with E-state index in [1.54, 1.807) is 6.92 Å². The summed E-state index contributed by atoms with van der Waals surface area (Å²) in [6.07, 6.45) is 0.746. The van der Waals surface area contributed by atoms with Crippen molar-refractivity contribution in [2.24, 2.45) is 5.41 Å². The molecule has 0 aliphatic heterocycles. The molecule has 1 aromatic carbocycles. The standard InChI is InChI=1S/C16H22O5/c1-3-10-16(14(17)18,15(19)21-4-2)12-20-11-13-8-6-5-7-9-13/h5-9H,3-4,10-12H2,1-2H3,(H,17,18). The number of carbonyl (C=O) groups excluding carboxylic acids is 1. The molecule has 0 saturated heterocycles. The number of hydrogen-bond donors (Lipinski definition) is 1. The molecule has 0 saturated carbocycles. The lowest BCUT2D eigenvalue weighted by Crippen LogP contribution is -2.44. The quantitative estimate of drug-likeness (QED) is 0.560. The zero-order chi connectivity index (χ0) is 15.7. The summed E-state index contributed by atoms with van der Waals surface area (Å²) >= 11 is 0. The first-order chi connectivity index (χ1) is 10.1. The summed E-state index contributed by atoms with van der Waals surface area (Å²) in [5, 5.41) is 9.47. The molecule has 5 heteroatoms. The van der Waals surface area contributed by atoms with Gasteiger partial charge in [-0.1, -0.05) is 43.7 Å². The summed E-state index contributed by atoms with van der Waals surface area (Å²) in [5.74, 6) is -1.93. The molecule has 0 spiro atoms. The van der Waals surface area contributed by atoms with Crippen LogP contribution in [0.25, 0.3) is 0 Å². The maximum atomic E-state index is 12.1. The summed E-state index contributed by atoms with van der Waals surface area (Å²) in [6.45, 7) is 3.70. The molecule has 0 aliphatic rings. The fraction of sp³-hybridized carbons (Fsp3) is 0.500. The third-order valence-corrected chi connectivity index (χ3v) is 3.21. The van der Waals surface area contributed by atoms with E-state index >= 15 is 0 Å². The van der Waals surface area contributed by atoms with Crippen LogP contribution in [-0.2, 0) is 25.7 Å². The van der Waals surface area contributed by atoms with Crippen LogP contribution in [0.3, 0.4) is 0 Å².